The number of benzene rings is 1. The van der Waals surface area contributed by atoms with E-state index in [-0.39, 0.29) is 0 Å². The molecule has 1 atom stereocenters. The number of anilines is 1. The van der Waals surface area contributed by atoms with Gasteiger partial charge in [0.25, 0.3) is 0 Å². The summed E-state index contributed by atoms with van der Waals surface area (Å²) < 4.78 is 5.12. The van der Waals surface area contributed by atoms with Crippen molar-refractivity contribution in [2.45, 2.75) is 20.0 Å². The number of hydrogen-bond donors (Lipinski definition) is 2. The molecule has 1 aromatic rings. The SMILES string of the molecule is CCOCC(O)CNc1c(C)cccc1Cl. The van der Waals surface area contributed by atoms with Gasteiger partial charge in [-0.2, -0.15) is 0 Å². The Morgan fingerprint density at radius 3 is 2.88 bits per heavy atom. The van der Waals surface area contributed by atoms with E-state index in [0.717, 1.165) is 11.3 Å². The molecule has 4 heteroatoms. The minimum atomic E-state index is -0.518. The molecule has 0 saturated carbocycles. The lowest BCUT2D eigenvalue weighted by Gasteiger charge is -2.15. The summed E-state index contributed by atoms with van der Waals surface area (Å²) in [6.07, 6.45) is -0.518. The first-order valence-corrected chi connectivity index (χ1v) is 5.77. The van der Waals surface area contributed by atoms with E-state index in [0.29, 0.717) is 24.8 Å². The number of aryl methyl sites for hydroxylation is 1. The van der Waals surface area contributed by atoms with E-state index in [1.54, 1.807) is 0 Å². The Labute approximate surface area is 101 Å². The summed E-state index contributed by atoms with van der Waals surface area (Å²) in [5.74, 6) is 0. The Morgan fingerprint density at radius 2 is 2.25 bits per heavy atom. The van der Waals surface area contributed by atoms with Crippen LogP contribution < -0.4 is 5.32 Å². The normalized spacial score (nSPS) is 12.5. The van der Waals surface area contributed by atoms with Gasteiger partial charge in [0.2, 0.25) is 0 Å². The Balaban J connectivity index is 2.48. The molecule has 0 heterocycles. The van der Waals surface area contributed by atoms with Gasteiger partial charge in [-0.1, -0.05) is 23.7 Å². The molecular formula is C12H18ClNO2. The third-order valence-corrected chi connectivity index (χ3v) is 2.57. The molecule has 0 aliphatic carbocycles. The van der Waals surface area contributed by atoms with Gasteiger partial charge < -0.3 is 15.2 Å². The van der Waals surface area contributed by atoms with Gasteiger partial charge in [0, 0.05) is 13.2 Å². The van der Waals surface area contributed by atoms with Crippen molar-refractivity contribution in [2.75, 3.05) is 25.1 Å². The van der Waals surface area contributed by atoms with E-state index in [1.807, 2.05) is 32.0 Å². The van der Waals surface area contributed by atoms with Gasteiger partial charge in [0.05, 0.1) is 23.4 Å². The van der Waals surface area contributed by atoms with Crippen molar-refractivity contribution in [1.82, 2.24) is 0 Å². The second-order valence-corrected chi connectivity index (χ2v) is 4.03. The third kappa shape index (κ3) is 4.00. The summed E-state index contributed by atoms with van der Waals surface area (Å²) in [4.78, 5) is 0. The van der Waals surface area contributed by atoms with E-state index < -0.39 is 6.10 Å². The van der Waals surface area contributed by atoms with Crippen molar-refractivity contribution < 1.29 is 9.84 Å². The highest BCUT2D eigenvalue weighted by atomic mass is 35.5. The lowest BCUT2D eigenvalue weighted by atomic mass is 10.2. The largest absolute Gasteiger partial charge is 0.389 e. The number of aliphatic hydroxyl groups is 1. The number of halogens is 1. The van der Waals surface area contributed by atoms with Gasteiger partial charge in [-0.15, -0.1) is 0 Å². The zero-order chi connectivity index (χ0) is 12.0. The molecule has 0 fully saturated rings. The smallest absolute Gasteiger partial charge is 0.0945 e. The van der Waals surface area contributed by atoms with Crippen LogP contribution in [0.2, 0.25) is 5.02 Å². The van der Waals surface area contributed by atoms with Crippen molar-refractivity contribution in [1.29, 1.82) is 0 Å². The maximum absolute atomic E-state index is 9.59. The van der Waals surface area contributed by atoms with Crippen LogP contribution in [0.4, 0.5) is 5.69 Å². The number of rotatable bonds is 6. The van der Waals surface area contributed by atoms with Gasteiger partial charge in [-0.05, 0) is 25.5 Å². The molecule has 0 aliphatic rings. The Bertz CT molecular complexity index is 311. The van der Waals surface area contributed by atoms with Crippen LogP contribution >= 0.6 is 11.6 Å². The fourth-order valence-electron chi connectivity index (χ4n) is 1.39. The first-order valence-electron chi connectivity index (χ1n) is 5.40. The van der Waals surface area contributed by atoms with Gasteiger partial charge >= 0.3 is 0 Å². The van der Waals surface area contributed by atoms with Crippen molar-refractivity contribution in [3.8, 4) is 0 Å². The second kappa shape index (κ2) is 6.74. The van der Waals surface area contributed by atoms with E-state index in [1.165, 1.54) is 0 Å². The van der Waals surface area contributed by atoms with Gasteiger partial charge in [0.1, 0.15) is 0 Å². The first kappa shape index (κ1) is 13.3. The van der Waals surface area contributed by atoms with E-state index >= 15 is 0 Å². The highest BCUT2D eigenvalue weighted by Gasteiger charge is 2.07. The summed E-state index contributed by atoms with van der Waals surface area (Å²) in [5, 5.41) is 13.4. The van der Waals surface area contributed by atoms with Crippen LogP contribution in [-0.2, 0) is 4.74 Å². The van der Waals surface area contributed by atoms with Gasteiger partial charge in [-0.25, -0.2) is 0 Å². The molecule has 1 rings (SSSR count). The standard InChI is InChI=1S/C12H18ClNO2/c1-3-16-8-10(15)7-14-12-9(2)5-4-6-11(12)13/h4-6,10,14-15H,3,7-8H2,1-2H3. The predicted molar refractivity (Wildman–Crippen MR) is 67.2 cm³/mol. The van der Waals surface area contributed by atoms with Crippen LogP contribution in [0.1, 0.15) is 12.5 Å². The monoisotopic (exact) mass is 243 g/mol. The maximum Gasteiger partial charge on any atom is 0.0945 e. The zero-order valence-electron chi connectivity index (χ0n) is 9.66. The molecule has 0 spiro atoms. The fraction of sp³-hybridized carbons (Fsp3) is 0.500. The van der Waals surface area contributed by atoms with Gasteiger partial charge in [-0.3, -0.25) is 0 Å². The lowest BCUT2D eigenvalue weighted by molar-refractivity contribution is 0.0496. The average molecular weight is 244 g/mol. The molecular weight excluding hydrogens is 226 g/mol. The Hall–Kier alpha value is -0.770. The van der Waals surface area contributed by atoms with E-state index in [4.69, 9.17) is 16.3 Å². The van der Waals surface area contributed by atoms with E-state index in [2.05, 4.69) is 5.32 Å². The van der Waals surface area contributed by atoms with Crippen LogP contribution in [0.25, 0.3) is 0 Å². The van der Waals surface area contributed by atoms with E-state index in [9.17, 15) is 5.11 Å². The summed E-state index contributed by atoms with van der Waals surface area (Å²) in [6, 6.07) is 5.70. The van der Waals surface area contributed by atoms with Crippen molar-refractivity contribution >= 4 is 17.3 Å². The quantitative estimate of drug-likeness (QED) is 0.807. The predicted octanol–water partition coefficient (Wildman–Crippen LogP) is 2.46. The summed E-state index contributed by atoms with van der Waals surface area (Å²) >= 11 is 6.04. The third-order valence-electron chi connectivity index (χ3n) is 2.25. The molecule has 0 aromatic heterocycles. The highest BCUT2D eigenvalue weighted by Crippen LogP contribution is 2.24. The van der Waals surface area contributed by atoms with Crippen molar-refractivity contribution in [3.63, 3.8) is 0 Å². The number of para-hydroxylation sites is 1. The molecule has 2 N–H and O–H groups in total. The second-order valence-electron chi connectivity index (χ2n) is 3.63. The number of aliphatic hydroxyl groups excluding tert-OH is 1. The highest BCUT2D eigenvalue weighted by molar-refractivity contribution is 6.33. The number of hydrogen-bond acceptors (Lipinski definition) is 3. The lowest BCUT2D eigenvalue weighted by Crippen LogP contribution is -2.25. The van der Waals surface area contributed by atoms with Crippen LogP contribution in [0, 0.1) is 6.92 Å². The topological polar surface area (TPSA) is 41.5 Å². The number of ether oxygens (including phenoxy) is 1. The van der Waals surface area contributed by atoms with Crippen molar-refractivity contribution in [3.05, 3.63) is 28.8 Å². The molecule has 0 bridgehead atoms. The average Bonchev–Trinajstić information content (AvgIpc) is 2.25. The van der Waals surface area contributed by atoms with Gasteiger partial charge in [0.15, 0.2) is 0 Å². The number of nitrogens with one attached hydrogen (secondary N) is 1. The molecule has 3 nitrogen and oxygen atoms in total. The molecule has 16 heavy (non-hydrogen) atoms. The minimum Gasteiger partial charge on any atom is -0.389 e. The fourth-order valence-corrected chi connectivity index (χ4v) is 1.68. The van der Waals surface area contributed by atoms with Crippen LogP contribution in [0.15, 0.2) is 18.2 Å². The van der Waals surface area contributed by atoms with Crippen LogP contribution in [0.5, 0.6) is 0 Å². The summed E-state index contributed by atoms with van der Waals surface area (Å²) in [7, 11) is 0. The Kier molecular flexibility index (Phi) is 5.60. The molecule has 0 amide bonds. The molecule has 0 radical (unpaired) electrons. The zero-order valence-corrected chi connectivity index (χ0v) is 10.4. The maximum atomic E-state index is 9.59. The molecule has 0 aliphatic heterocycles. The minimum absolute atomic E-state index is 0.340. The van der Waals surface area contributed by atoms with Crippen LogP contribution in [-0.4, -0.2) is 31.0 Å². The Morgan fingerprint density at radius 1 is 1.50 bits per heavy atom. The summed E-state index contributed by atoms with van der Waals surface area (Å²) in [5.41, 5.74) is 1.94. The molecule has 90 valence electrons. The molecule has 1 aromatic carbocycles. The van der Waals surface area contributed by atoms with Crippen molar-refractivity contribution in [2.24, 2.45) is 0 Å². The van der Waals surface area contributed by atoms with Crippen LogP contribution in [0.3, 0.4) is 0 Å². The first-order chi connectivity index (χ1) is 7.65. The molecule has 0 saturated heterocycles. The molecule has 1 unspecified atom stereocenters. The summed E-state index contributed by atoms with van der Waals surface area (Å²) in [6.45, 7) is 5.27.